The van der Waals surface area contributed by atoms with Gasteiger partial charge in [-0.3, -0.25) is 4.79 Å². The van der Waals surface area contributed by atoms with E-state index < -0.39 is 0 Å². The minimum absolute atomic E-state index is 0.0152. The Labute approximate surface area is 186 Å². The summed E-state index contributed by atoms with van der Waals surface area (Å²) >= 11 is 0. The lowest BCUT2D eigenvalue weighted by atomic mass is 9.85. The van der Waals surface area contributed by atoms with Crippen LogP contribution >= 0.6 is 0 Å². The fourth-order valence-corrected chi connectivity index (χ4v) is 4.35. The highest BCUT2D eigenvalue weighted by Gasteiger charge is 2.26. The predicted molar refractivity (Wildman–Crippen MR) is 120 cm³/mol. The Morgan fingerprint density at radius 2 is 1.72 bits per heavy atom. The Hall–Kier alpha value is -3.36. The molecular formula is C23H28N6O3. The molecule has 3 aromatic rings. The van der Waals surface area contributed by atoms with Crippen LogP contribution in [0.1, 0.15) is 47.8 Å². The minimum atomic E-state index is -0.0152. The maximum absolute atomic E-state index is 13.2. The van der Waals surface area contributed by atoms with Gasteiger partial charge in [0, 0.05) is 43.7 Å². The van der Waals surface area contributed by atoms with Gasteiger partial charge in [-0.05, 0) is 43.5 Å². The van der Waals surface area contributed by atoms with Gasteiger partial charge in [-0.2, -0.15) is 4.52 Å². The van der Waals surface area contributed by atoms with Crippen molar-refractivity contribution in [2.24, 2.45) is 0 Å². The Bertz CT molecular complexity index is 1100. The highest BCUT2D eigenvalue weighted by Crippen LogP contribution is 2.35. The standard InChI is InChI=1S/C23H28N6O3/c1-31-18-13-17(14-19(15-18)32-2)23(30)28-10-4-9-27(11-12-28)21-8-7-20-24-25-22(29(20)26-21)16-5-3-6-16/h7-8,13-16H,3-6,9-12H2,1-2H3. The summed E-state index contributed by atoms with van der Waals surface area (Å²) in [5.74, 6) is 3.53. The van der Waals surface area contributed by atoms with E-state index in [2.05, 4.69) is 15.1 Å². The molecule has 1 saturated carbocycles. The molecule has 0 N–H and O–H groups in total. The van der Waals surface area contributed by atoms with E-state index in [1.165, 1.54) is 6.42 Å². The van der Waals surface area contributed by atoms with E-state index in [1.54, 1.807) is 32.4 Å². The van der Waals surface area contributed by atoms with Crippen molar-refractivity contribution in [1.29, 1.82) is 0 Å². The van der Waals surface area contributed by atoms with Crippen molar-refractivity contribution in [2.75, 3.05) is 45.3 Å². The zero-order valence-electron chi connectivity index (χ0n) is 18.5. The van der Waals surface area contributed by atoms with Crippen molar-refractivity contribution < 1.29 is 14.3 Å². The summed E-state index contributed by atoms with van der Waals surface area (Å²) in [7, 11) is 3.17. The number of hydrogen-bond acceptors (Lipinski definition) is 7. The van der Waals surface area contributed by atoms with Gasteiger partial charge >= 0.3 is 0 Å². The zero-order valence-corrected chi connectivity index (χ0v) is 18.5. The second-order valence-electron chi connectivity index (χ2n) is 8.38. The molecule has 9 heteroatoms. The molecule has 0 bridgehead atoms. The third-order valence-corrected chi connectivity index (χ3v) is 6.45. The highest BCUT2D eigenvalue weighted by atomic mass is 16.5. The van der Waals surface area contributed by atoms with Gasteiger partial charge in [0.1, 0.15) is 17.3 Å². The van der Waals surface area contributed by atoms with Gasteiger partial charge < -0.3 is 19.3 Å². The van der Waals surface area contributed by atoms with Gasteiger partial charge in [-0.1, -0.05) is 6.42 Å². The maximum atomic E-state index is 13.2. The molecule has 1 aliphatic carbocycles. The summed E-state index contributed by atoms with van der Waals surface area (Å²) in [5, 5.41) is 13.5. The van der Waals surface area contributed by atoms with E-state index in [0.29, 0.717) is 42.6 Å². The molecule has 2 fully saturated rings. The quantitative estimate of drug-likeness (QED) is 0.608. The predicted octanol–water partition coefficient (Wildman–Crippen LogP) is 2.76. The molecule has 2 aliphatic rings. The van der Waals surface area contributed by atoms with Gasteiger partial charge in [-0.25, -0.2) is 0 Å². The molecule has 0 spiro atoms. The van der Waals surface area contributed by atoms with Gasteiger partial charge in [-0.15, -0.1) is 15.3 Å². The van der Waals surface area contributed by atoms with Crippen LogP contribution < -0.4 is 14.4 Å². The topological polar surface area (TPSA) is 85.1 Å². The first kappa shape index (κ1) is 20.5. The molecule has 3 heterocycles. The number of benzene rings is 1. The lowest BCUT2D eigenvalue weighted by Gasteiger charge is -2.24. The number of ether oxygens (including phenoxy) is 2. The Balaban J connectivity index is 1.32. The van der Waals surface area contributed by atoms with Crippen molar-refractivity contribution in [1.82, 2.24) is 24.7 Å². The van der Waals surface area contributed by atoms with Crippen molar-refractivity contribution in [2.45, 2.75) is 31.6 Å². The Morgan fingerprint density at radius 1 is 0.938 bits per heavy atom. The molecule has 9 nitrogen and oxygen atoms in total. The minimum Gasteiger partial charge on any atom is -0.497 e. The second kappa shape index (κ2) is 8.64. The van der Waals surface area contributed by atoms with Crippen LogP contribution in [0.2, 0.25) is 0 Å². The fourth-order valence-electron chi connectivity index (χ4n) is 4.35. The number of aromatic nitrogens is 4. The lowest BCUT2D eigenvalue weighted by molar-refractivity contribution is 0.0766. The molecule has 0 radical (unpaired) electrons. The maximum Gasteiger partial charge on any atom is 0.254 e. The molecule has 1 aliphatic heterocycles. The average Bonchev–Trinajstić information content (AvgIpc) is 3.03. The number of fused-ring (bicyclic) bond motifs is 1. The first-order valence-corrected chi connectivity index (χ1v) is 11.2. The van der Waals surface area contributed by atoms with E-state index in [0.717, 1.165) is 43.1 Å². The van der Waals surface area contributed by atoms with Crippen molar-refractivity contribution in [3.63, 3.8) is 0 Å². The van der Waals surface area contributed by atoms with Crippen LogP contribution in [0, 0.1) is 0 Å². The monoisotopic (exact) mass is 436 g/mol. The van der Waals surface area contributed by atoms with E-state index in [4.69, 9.17) is 14.6 Å². The van der Waals surface area contributed by atoms with E-state index in [1.807, 2.05) is 21.5 Å². The first-order chi connectivity index (χ1) is 15.7. The highest BCUT2D eigenvalue weighted by molar-refractivity contribution is 5.95. The summed E-state index contributed by atoms with van der Waals surface area (Å²) in [5.41, 5.74) is 1.36. The Kier molecular flexibility index (Phi) is 5.55. The number of anilines is 1. The van der Waals surface area contributed by atoms with E-state index in [-0.39, 0.29) is 5.91 Å². The SMILES string of the molecule is COc1cc(OC)cc(C(=O)N2CCCN(c3ccc4nnc(C5CCC5)n4n3)CC2)c1. The number of carbonyl (C=O) groups excluding carboxylic acids is 1. The van der Waals surface area contributed by atoms with Crippen LogP contribution in [0.15, 0.2) is 30.3 Å². The van der Waals surface area contributed by atoms with Gasteiger partial charge in [0.25, 0.3) is 5.91 Å². The number of carbonyl (C=O) groups is 1. The fraction of sp³-hybridized carbons (Fsp3) is 0.478. The van der Waals surface area contributed by atoms with Gasteiger partial charge in [0.15, 0.2) is 11.5 Å². The van der Waals surface area contributed by atoms with E-state index in [9.17, 15) is 4.79 Å². The third-order valence-electron chi connectivity index (χ3n) is 6.45. The molecular weight excluding hydrogens is 408 g/mol. The first-order valence-electron chi connectivity index (χ1n) is 11.2. The molecule has 0 atom stereocenters. The van der Waals surface area contributed by atoms with E-state index >= 15 is 0 Å². The number of rotatable bonds is 5. The smallest absolute Gasteiger partial charge is 0.254 e. The molecule has 2 aromatic heterocycles. The molecule has 1 saturated heterocycles. The van der Waals surface area contributed by atoms with Crippen molar-refractivity contribution in [3.05, 3.63) is 41.7 Å². The molecule has 0 unspecified atom stereocenters. The van der Waals surface area contributed by atoms with Crippen molar-refractivity contribution >= 4 is 17.4 Å². The number of hydrogen-bond donors (Lipinski definition) is 0. The van der Waals surface area contributed by atoms with Crippen LogP contribution in [-0.4, -0.2) is 71.0 Å². The third kappa shape index (κ3) is 3.83. The van der Waals surface area contributed by atoms with Crippen LogP contribution in [0.25, 0.3) is 5.65 Å². The number of methoxy groups -OCH3 is 2. The molecule has 5 rings (SSSR count). The second-order valence-corrected chi connectivity index (χ2v) is 8.38. The number of nitrogens with zero attached hydrogens (tertiary/aromatic N) is 6. The van der Waals surface area contributed by atoms with Crippen LogP contribution in [0.3, 0.4) is 0 Å². The molecule has 168 valence electrons. The molecule has 32 heavy (non-hydrogen) atoms. The van der Waals surface area contributed by atoms with Crippen LogP contribution in [-0.2, 0) is 0 Å². The van der Waals surface area contributed by atoms with Crippen molar-refractivity contribution in [3.8, 4) is 11.5 Å². The normalized spacial score (nSPS) is 17.2. The summed E-state index contributed by atoms with van der Waals surface area (Å²) in [6.45, 7) is 2.86. The lowest BCUT2D eigenvalue weighted by Crippen LogP contribution is -2.35. The zero-order chi connectivity index (χ0) is 22.1. The van der Waals surface area contributed by atoms with Gasteiger partial charge in [0.2, 0.25) is 0 Å². The summed E-state index contributed by atoms with van der Waals surface area (Å²) in [4.78, 5) is 17.3. The van der Waals surface area contributed by atoms with Gasteiger partial charge in [0.05, 0.1) is 14.2 Å². The Morgan fingerprint density at radius 3 is 2.41 bits per heavy atom. The molecule has 1 amide bonds. The molecule has 1 aromatic carbocycles. The summed E-state index contributed by atoms with van der Waals surface area (Å²) < 4.78 is 12.5. The van der Waals surface area contributed by atoms with Crippen LogP contribution in [0.5, 0.6) is 11.5 Å². The summed E-state index contributed by atoms with van der Waals surface area (Å²) in [6, 6.07) is 9.27. The largest absolute Gasteiger partial charge is 0.497 e. The summed E-state index contributed by atoms with van der Waals surface area (Å²) in [6.07, 6.45) is 4.42. The number of amides is 1. The van der Waals surface area contributed by atoms with Crippen LogP contribution in [0.4, 0.5) is 5.82 Å². The average molecular weight is 437 g/mol.